The van der Waals surface area contributed by atoms with Crippen LogP contribution in [0.5, 0.6) is 0 Å². The molecule has 0 radical (unpaired) electrons. The Labute approximate surface area is 118 Å². The van der Waals surface area contributed by atoms with E-state index in [-0.39, 0.29) is 17.9 Å². The summed E-state index contributed by atoms with van der Waals surface area (Å²) in [5, 5.41) is 9.38. The topological polar surface area (TPSA) is 40.9 Å². The molecule has 104 valence electrons. The van der Waals surface area contributed by atoms with Crippen LogP contribution in [0.15, 0.2) is 18.2 Å². The molecule has 2 aliphatic rings. The highest BCUT2D eigenvalue weighted by atomic mass is 32.1. The third-order valence-electron chi connectivity index (χ3n) is 4.54. The summed E-state index contributed by atoms with van der Waals surface area (Å²) in [6.07, 6.45) is 0.843. The molecule has 0 amide bonds. The highest BCUT2D eigenvalue weighted by Crippen LogP contribution is 2.66. The molecule has 1 aromatic carbocycles. The molecule has 4 rings (SSSR count). The van der Waals surface area contributed by atoms with Gasteiger partial charge in [0.1, 0.15) is 11.6 Å². The van der Waals surface area contributed by atoms with E-state index in [0.29, 0.717) is 16.9 Å². The number of nitrogens with zero attached hydrogens (tertiary/aromatic N) is 1. The number of nitrogens with one attached hydrogen (secondary N) is 1. The molecule has 3 nitrogen and oxygen atoms in total. The number of aliphatic hydroxyl groups excluding tert-OH is 1. The monoisotopic (exact) mass is 294 g/mol. The number of aliphatic hydroxyl groups is 1. The fraction of sp³-hybridized carbons (Fsp3) is 0.357. The van der Waals surface area contributed by atoms with Gasteiger partial charge < -0.3 is 14.7 Å². The summed E-state index contributed by atoms with van der Waals surface area (Å²) in [4.78, 5) is 2.99. The van der Waals surface area contributed by atoms with Gasteiger partial charge in [-0.2, -0.15) is 0 Å². The van der Waals surface area contributed by atoms with E-state index >= 15 is 0 Å². The van der Waals surface area contributed by atoms with Crippen LogP contribution in [-0.2, 0) is 18.6 Å². The number of hydrogen-bond acceptors (Lipinski definition) is 2. The second-order valence-corrected chi connectivity index (χ2v) is 6.00. The van der Waals surface area contributed by atoms with Crippen molar-refractivity contribution in [1.82, 2.24) is 9.55 Å². The van der Waals surface area contributed by atoms with Crippen LogP contribution in [0.4, 0.5) is 8.78 Å². The molecule has 2 atom stereocenters. The van der Waals surface area contributed by atoms with E-state index < -0.39 is 11.6 Å². The predicted octanol–water partition coefficient (Wildman–Crippen LogP) is 2.76. The summed E-state index contributed by atoms with van der Waals surface area (Å²) in [5.41, 5.74) is 2.13. The van der Waals surface area contributed by atoms with Gasteiger partial charge in [-0.3, -0.25) is 0 Å². The van der Waals surface area contributed by atoms with Gasteiger partial charge in [0.05, 0.1) is 12.3 Å². The predicted molar refractivity (Wildman–Crippen MR) is 70.9 cm³/mol. The minimum absolute atomic E-state index is 0.101. The van der Waals surface area contributed by atoms with Crippen molar-refractivity contribution in [2.24, 2.45) is 0 Å². The normalized spacial score (nSPS) is 26.4. The SMILES string of the molecule is OCc1[nH]c(=S)n2c1[C@@H]1C[C@]1(c1cc(F)cc(F)c1)C2. The average Bonchev–Trinajstić information content (AvgIpc) is 2.89. The molecule has 1 aromatic heterocycles. The number of halogens is 2. The Bertz CT molecular complexity index is 762. The van der Waals surface area contributed by atoms with Crippen LogP contribution in [0, 0.1) is 16.4 Å². The smallest absolute Gasteiger partial charge is 0.177 e. The summed E-state index contributed by atoms with van der Waals surface area (Å²) < 4.78 is 29.4. The van der Waals surface area contributed by atoms with Gasteiger partial charge in [0.25, 0.3) is 0 Å². The van der Waals surface area contributed by atoms with Gasteiger partial charge in [0, 0.05) is 29.6 Å². The van der Waals surface area contributed by atoms with E-state index in [2.05, 4.69) is 4.98 Å². The number of rotatable bonds is 2. The third kappa shape index (κ3) is 1.43. The number of aromatic nitrogens is 2. The molecule has 0 spiro atoms. The second kappa shape index (κ2) is 3.77. The van der Waals surface area contributed by atoms with Crippen molar-refractivity contribution in [1.29, 1.82) is 0 Å². The summed E-state index contributed by atoms with van der Waals surface area (Å²) in [6.45, 7) is 0.515. The Kier molecular flexibility index (Phi) is 2.30. The van der Waals surface area contributed by atoms with Gasteiger partial charge in [-0.05, 0) is 36.3 Å². The lowest BCUT2D eigenvalue weighted by Gasteiger charge is -2.13. The molecule has 2 heterocycles. The van der Waals surface area contributed by atoms with Crippen molar-refractivity contribution in [3.63, 3.8) is 0 Å². The van der Waals surface area contributed by atoms with E-state index in [1.807, 2.05) is 4.57 Å². The summed E-state index contributed by atoms with van der Waals surface area (Å²) in [5.74, 6) is -0.924. The zero-order valence-corrected chi connectivity index (χ0v) is 11.3. The van der Waals surface area contributed by atoms with Crippen molar-refractivity contribution in [3.8, 4) is 0 Å². The zero-order valence-electron chi connectivity index (χ0n) is 10.5. The first kappa shape index (κ1) is 12.2. The molecule has 0 saturated heterocycles. The van der Waals surface area contributed by atoms with Gasteiger partial charge in [-0.1, -0.05) is 0 Å². The van der Waals surface area contributed by atoms with Crippen molar-refractivity contribution >= 4 is 12.2 Å². The maximum Gasteiger partial charge on any atom is 0.177 e. The third-order valence-corrected chi connectivity index (χ3v) is 4.87. The van der Waals surface area contributed by atoms with Crippen LogP contribution in [0.3, 0.4) is 0 Å². The first-order valence-corrected chi connectivity index (χ1v) is 6.85. The molecule has 20 heavy (non-hydrogen) atoms. The molecule has 1 aliphatic heterocycles. The molecule has 1 aliphatic carbocycles. The Morgan fingerprint density at radius 2 is 2.05 bits per heavy atom. The van der Waals surface area contributed by atoms with Crippen molar-refractivity contribution in [3.05, 3.63) is 51.6 Å². The second-order valence-electron chi connectivity index (χ2n) is 5.61. The first-order chi connectivity index (χ1) is 9.55. The fourth-order valence-corrected chi connectivity index (χ4v) is 3.87. The molecule has 1 fully saturated rings. The van der Waals surface area contributed by atoms with Gasteiger partial charge in [0.15, 0.2) is 4.77 Å². The highest BCUT2D eigenvalue weighted by Gasteiger charge is 2.62. The molecular weight excluding hydrogens is 282 g/mol. The number of H-pyrrole nitrogens is 1. The summed E-state index contributed by atoms with van der Waals surface area (Å²) >= 11 is 5.24. The first-order valence-electron chi connectivity index (χ1n) is 6.44. The highest BCUT2D eigenvalue weighted by molar-refractivity contribution is 7.71. The van der Waals surface area contributed by atoms with Gasteiger partial charge in [0.2, 0.25) is 0 Å². The minimum Gasteiger partial charge on any atom is -0.390 e. The van der Waals surface area contributed by atoms with E-state index in [1.165, 1.54) is 12.1 Å². The maximum atomic E-state index is 13.4. The van der Waals surface area contributed by atoms with Crippen LogP contribution in [-0.4, -0.2) is 14.7 Å². The zero-order chi connectivity index (χ0) is 14.1. The van der Waals surface area contributed by atoms with Crippen molar-refractivity contribution in [2.45, 2.75) is 30.9 Å². The van der Waals surface area contributed by atoms with Crippen LogP contribution in [0.1, 0.15) is 29.3 Å². The quantitative estimate of drug-likeness (QED) is 0.836. The van der Waals surface area contributed by atoms with E-state index in [9.17, 15) is 13.9 Å². The minimum atomic E-state index is -0.552. The van der Waals surface area contributed by atoms with Gasteiger partial charge >= 0.3 is 0 Å². The molecule has 2 aromatic rings. The Balaban J connectivity index is 1.83. The lowest BCUT2D eigenvalue weighted by Crippen LogP contribution is -2.13. The van der Waals surface area contributed by atoms with E-state index in [0.717, 1.165) is 23.9 Å². The standard InChI is InChI=1S/C14H12F2N2OS/c15-8-1-7(2-9(16)3-8)14-4-10(14)12-11(5-19)17-13(20)18(12)6-14/h1-3,10,19H,4-6H2,(H,17,20)/t10-,14+/m0/s1. The van der Waals surface area contributed by atoms with Gasteiger partial charge in [-0.15, -0.1) is 0 Å². The number of benzene rings is 1. The Morgan fingerprint density at radius 3 is 2.70 bits per heavy atom. The van der Waals surface area contributed by atoms with Crippen molar-refractivity contribution < 1.29 is 13.9 Å². The van der Waals surface area contributed by atoms with Crippen molar-refractivity contribution in [2.75, 3.05) is 0 Å². The largest absolute Gasteiger partial charge is 0.390 e. The molecule has 2 N–H and O–H groups in total. The maximum absolute atomic E-state index is 13.4. The summed E-state index contributed by atoms with van der Waals surface area (Å²) in [6, 6.07) is 3.69. The average molecular weight is 294 g/mol. The number of imidazole rings is 1. The van der Waals surface area contributed by atoms with Crippen LogP contribution in [0.25, 0.3) is 0 Å². The summed E-state index contributed by atoms with van der Waals surface area (Å²) in [7, 11) is 0. The number of aromatic amines is 1. The molecular formula is C14H12F2N2OS. The van der Waals surface area contributed by atoms with Crippen LogP contribution >= 0.6 is 12.2 Å². The van der Waals surface area contributed by atoms with E-state index in [4.69, 9.17) is 12.2 Å². The molecule has 6 heteroatoms. The molecule has 0 bridgehead atoms. The molecule has 1 saturated carbocycles. The number of fused-ring (bicyclic) bond motifs is 3. The van der Waals surface area contributed by atoms with Crippen LogP contribution in [0.2, 0.25) is 0 Å². The Morgan fingerprint density at radius 1 is 1.35 bits per heavy atom. The van der Waals surface area contributed by atoms with E-state index in [1.54, 1.807) is 0 Å². The lowest BCUT2D eigenvalue weighted by atomic mass is 9.94. The molecule has 0 unspecified atom stereocenters. The fourth-order valence-electron chi connectivity index (χ4n) is 3.58. The lowest BCUT2D eigenvalue weighted by molar-refractivity contribution is 0.276. The number of hydrogen-bond donors (Lipinski definition) is 2. The van der Waals surface area contributed by atoms with Gasteiger partial charge in [-0.25, -0.2) is 8.78 Å². The van der Waals surface area contributed by atoms with Crippen LogP contribution < -0.4 is 0 Å². The Hall–Kier alpha value is -1.53.